The number of carbonyl (C=O) groups excluding carboxylic acids is 1. The molecule has 6 nitrogen and oxygen atoms in total. The number of rotatable bonds is 6. The molecule has 28 heavy (non-hydrogen) atoms. The summed E-state index contributed by atoms with van der Waals surface area (Å²) in [6.07, 6.45) is 0.849. The lowest BCUT2D eigenvalue weighted by molar-refractivity contribution is 0.0529. The number of carbonyl (C=O) groups is 1. The van der Waals surface area contributed by atoms with Gasteiger partial charge in [-0.05, 0) is 56.7 Å². The van der Waals surface area contributed by atoms with Gasteiger partial charge in [0, 0.05) is 15.6 Å². The van der Waals surface area contributed by atoms with E-state index >= 15 is 0 Å². The largest absolute Gasteiger partial charge is 0.493 e. The summed E-state index contributed by atoms with van der Waals surface area (Å²) in [6.45, 7) is 5.59. The molecule has 8 heteroatoms. The molecule has 2 rings (SSSR count). The van der Waals surface area contributed by atoms with Crippen LogP contribution in [-0.2, 0) is 11.3 Å². The number of halogens is 2. The summed E-state index contributed by atoms with van der Waals surface area (Å²) in [7, 11) is 1.54. The first-order valence-corrected chi connectivity index (χ1v) is 9.20. The number of nitrogens with one attached hydrogen (secondary N) is 1. The van der Waals surface area contributed by atoms with Crippen LogP contribution < -0.4 is 14.9 Å². The molecule has 0 unspecified atom stereocenters. The molecule has 0 aliphatic rings. The van der Waals surface area contributed by atoms with Gasteiger partial charge < -0.3 is 14.2 Å². The van der Waals surface area contributed by atoms with Gasteiger partial charge in [-0.3, -0.25) is 0 Å². The van der Waals surface area contributed by atoms with Crippen molar-refractivity contribution in [2.45, 2.75) is 33.0 Å². The number of methoxy groups -OCH3 is 1. The van der Waals surface area contributed by atoms with Crippen LogP contribution in [-0.4, -0.2) is 25.0 Å². The van der Waals surface area contributed by atoms with Gasteiger partial charge in [0.15, 0.2) is 11.5 Å². The molecule has 0 bridgehead atoms. The molecule has 0 radical (unpaired) electrons. The highest BCUT2D eigenvalue weighted by atomic mass is 35.5. The van der Waals surface area contributed by atoms with Crippen molar-refractivity contribution in [1.29, 1.82) is 0 Å². The number of ether oxygens (including phenoxy) is 3. The van der Waals surface area contributed by atoms with Gasteiger partial charge in [0.1, 0.15) is 12.2 Å². The van der Waals surface area contributed by atoms with E-state index in [1.54, 1.807) is 57.2 Å². The van der Waals surface area contributed by atoms with Gasteiger partial charge >= 0.3 is 6.09 Å². The monoisotopic (exact) mass is 424 g/mol. The van der Waals surface area contributed by atoms with Crippen LogP contribution in [0.1, 0.15) is 31.9 Å². The Bertz CT molecular complexity index is 864. The van der Waals surface area contributed by atoms with E-state index in [-0.39, 0.29) is 6.61 Å². The van der Waals surface area contributed by atoms with Gasteiger partial charge in [0.2, 0.25) is 0 Å². The predicted octanol–water partition coefficient (Wildman–Crippen LogP) is 5.44. The maximum Gasteiger partial charge on any atom is 0.428 e. The fourth-order valence-electron chi connectivity index (χ4n) is 2.14. The summed E-state index contributed by atoms with van der Waals surface area (Å²) < 4.78 is 16.3. The van der Waals surface area contributed by atoms with Crippen LogP contribution in [0.5, 0.6) is 11.5 Å². The molecule has 150 valence electrons. The Morgan fingerprint density at radius 1 is 1.14 bits per heavy atom. The molecular formula is C20H22Cl2N2O4. The van der Waals surface area contributed by atoms with E-state index in [0.717, 1.165) is 5.56 Å². The normalized spacial score (nSPS) is 11.4. The predicted molar refractivity (Wildman–Crippen MR) is 111 cm³/mol. The van der Waals surface area contributed by atoms with Crippen molar-refractivity contribution in [1.82, 2.24) is 5.43 Å². The first-order chi connectivity index (χ1) is 13.2. The van der Waals surface area contributed by atoms with Crippen LogP contribution in [0.25, 0.3) is 0 Å². The van der Waals surface area contributed by atoms with E-state index < -0.39 is 11.7 Å². The Kier molecular flexibility index (Phi) is 7.54. The lowest BCUT2D eigenvalue weighted by Gasteiger charge is -2.18. The van der Waals surface area contributed by atoms with E-state index in [9.17, 15) is 4.79 Å². The molecule has 0 aliphatic carbocycles. The molecule has 2 aromatic rings. The standard InChI is InChI=1S/C20H22Cl2N2O4/c1-20(2,3)28-19(25)24-23-11-13-5-8-17(18(9-13)26-4)27-12-14-6-7-15(21)10-16(14)22/h5-11H,12H2,1-4H3,(H,24,25)/b23-11+. The minimum absolute atomic E-state index is 0.264. The summed E-state index contributed by atoms with van der Waals surface area (Å²) in [5.74, 6) is 1.07. The number of benzene rings is 2. The van der Waals surface area contributed by atoms with Crippen molar-refractivity contribution in [3.8, 4) is 11.5 Å². The van der Waals surface area contributed by atoms with E-state index in [1.165, 1.54) is 13.3 Å². The lowest BCUT2D eigenvalue weighted by atomic mass is 10.2. The second-order valence-corrected chi connectivity index (χ2v) is 7.65. The molecule has 0 spiro atoms. The number of hydrogen-bond acceptors (Lipinski definition) is 5. The van der Waals surface area contributed by atoms with E-state index in [1.807, 2.05) is 0 Å². The van der Waals surface area contributed by atoms with Gasteiger partial charge in [-0.15, -0.1) is 0 Å². The number of hydrogen-bond donors (Lipinski definition) is 1. The average molecular weight is 425 g/mol. The maximum atomic E-state index is 11.6. The lowest BCUT2D eigenvalue weighted by Crippen LogP contribution is -2.29. The van der Waals surface area contributed by atoms with E-state index in [0.29, 0.717) is 27.1 Å². The van der Waals surface area contributed by atoms with Gasteiger partial charge in [0.05, 0.1) is 13.3 Å². The van der Waals surface area contributed by atoms with Crippen LogP contribution in [0.2, 0.25) is 10.0 Å². The zero-order valence-electron chi connectivity index (χ0n) is 16.1. The Morgan fingerprint density at radius 2 is 1.89 bits per heavy atom. The number of hydrazone groups is 1. The molecule has 1 N–H and O–H groups in total. The second kappa shape index (κ2) is 9.66. The summed E-state index contributed by atoms with van der Waals surface area (Å²) in [5.41, 5.74) is 3.24. The van der Waals surface area contributed by atoms with Crippen molar-refractivity contribution in [3.05, 3.63) is 57.6 Å². The van der Waals surface area contributed by atoms with E-state index in [2.05, 4.69) is 10.5 Å². The molecule has 0 aromatic heterocycles. The molecule has 0 saturated heterocycles. The quantitative estimate of drug-likeness (QED) is 0.494. The van der Waals surface area contributed by atoms with Crippen molar-refractivity contribution < 1.29 is 19.0 Å². The summed E-state index contributed by atoms with van der Waals surface area (Å²) >= 11 is 12.1. The Morgan fingerprint density at radius 3 is 2.54 bits per heavy atom. The van der Waals surface area contributed by atoms with Crippen molar-refractivity contribution in [2.75, 3.05) is 7.11 Å². The number of nitrogens with zero attached hydrogens (tertiary/aromatic N) is 1. The molecule has 2 aromatic carbocycles. The highest BCUT2D eigenvalue weighted by Crippen LogP contribution is 2.29. The zero-order valence-corrected chi connectivity index (χ0v) is 17.6. The second-order valence-electron chi connectivity index (χ2n) is 6.81. The van der Waals surface area contributed by atoms with Crippen LogP contribution in [0.3, 0.4) is 0 Å². The topological polar surface area (TPSA) is 69.2 Å². The van der Waals surface area contributed by atoms with Gasteiger partial charge in [0.25, 0.3) is 0 Å². The third-order valence-corrected chi connectivity index (χ3v) is 3.94. The average Bonchev–Trinajstić information content (AvgIpc) is 2.60. The minimum atomic E-state index is -0.629. The highest BCUT2D eigenvalue weighted by molar-refractivity contribution is 6.35. The van der Waals surface area contributed by atoms with Gasteiger partial charge in [-0.1, -0.05) is 29.3 Å². The summed E-state index contributed by atoms with van der Waals surface area (Å²) in [5, 5.41) is 4.96. The van der Waals surface area contributed by atoms with Crippen LogP contribution in [0.4, 0.5) is 4.79 Å². The first kappa shape index (κ1) is 21.9. The van der Waals surface area contributed by atoms with Crippen molar-refractivity contribution in [3.63, 3.8) is 0 Å². The van der Waals surface area contributed by atoms with Crippen LogP contribution in [0.15, 0.2) is 41.5 Å². The molecule has 0 atom stereocenters. The summed E-state index contributed by atoms with van der Waals surface area (Å²) in [4.78, 5) is 11.6. The maximum absolute atomic E-state index is 11.6. The highest BCUT2D eigenvalue weighted by Gasteiger charge is 2.15. The summed E-state index contributed by atoms with van der Waals surface area (Å²) in [6, 6.07) is 10.5. The molecule has 0 heterocycles. The van der Waals surface area contributed by atoms with Crippen molar-refractivity contribution >= 4 is 35.5 Å². The Balaban J connectivity index is 2.01. The first-order valence-electron chi connectivity index (χ1n) is 8.45. The smallest absolute Gasteiger partial charge is 0.428 e. The molecule has 0 fully saturated rings. The Hall–Kier alpha value is -2.44. The fourth-order valence-corrected chi connectivity index (χ4v) is 2.60. The van der Waals surface area contributed by atoms with Gasteiger partial charge in [-0.25, -0.2) is 10.2 Å². The third kappa shape index (κ3) is 6.94. The zero-order chi connectivity index (χ0) is 20.7. The minimum Gasteiger partial charge on any atom is -0.493 e. The molecule has 0 aliphatic heterocycles. The van der Waals surface area contributed by atoms with Crippen molar-refractivity contribution in [2.24, 2.45) is 5.10 Å². The SMILES string of the molecule is COc1cc(/C=N/NC(=O)OC(C)(C)C)ccc1OCc1ccc(Cl)cc1Cl. The molecule has 0 saturated carbocycles. The third-order valence-electron chi connectivity index (χ3n) is 3.35. The van der Waals surface area contributed by atoms with Crippen LogP contribution in [0, 0.1) is 0 Å². The number of amides is 1. The molecular weight excluding hydrogens is 403 g/mol. The Labute approximate surface area is 174 Å². The van der Waals surface area contributed by atoms with E-state index in [4.69, 9.17) is 37.4 Å². The van der Waals surface area contributed by atoms with Crippen LogP contribution >= 0.6 is 23.2 Å². The molecule has 1 amide bonds. The fraction of sp³-hybridized carbons (Fsp3) is 0.300. The van der Waals surface area contributed by atoms with Gasteiger partial charge in [-0.2, -0.15) is 5.10 Å².